The number of likely N-dealkylation sites (N-methyl/N-ethyl adjacent to an activating group) is 1. The fourth-order valence-electron chi connectivity index (χ4n) is 3.31. The lowest BCUT2D eigenvalue weighted by atomic mass is 9.96. The summed E-state index contributed by atoms with van der Waals surface area (Å²) in [6.45, 7) is 6.65. The van der Waals surface area contributed by atoms with Crippen LogP contribution in [0.15, 0.2) is 18.2 Å². The van der Waals surface area contributed by atoms with Crippen molar-refractivity contribution in [2.24, 2.45) is 0 Å². The zero-order valence-electron chi connectivity index (χ0n) is 15.9. The van der Waals surface area contributed by atoms with Crippen molar-refractivity contribution in [3.63, 3.8) is 0 Å². The van der Waals surface area contributed by atoms with Gasteiger partial charge < -0.3 is 5.32 Å². The van der Waals surface area contributed by atoms with Gasteiger partial charge in [0.2, 0.25) is 5.91 Å². The SMILES string of the molecule is Cc1ccc(CN(C)[C@H](C)C(=O)NC(=O)NC2CCCCC2)c(C)c1. The van der Waals surface area contributed by atoms with Crippen molar-refractivity contribution in [1.82, 2.24) is 15.5 Å². The second kappa shape index (κ2) is 8.99. The summed E-state index contributed by atoms with van der Waals surface area (Å²) in [6.07, 6.45) is 5.54. The molecule has 1 fully saturated rings. The van der Waals surface area contributed by atoms with Crippen LogP contribution >= 0.6 is 0 Å². The topological polar surface area (TPSA) is 61.4 Å². The van der Waals surface area contributed by atoms with E-state index in [2.05, 4.69) is 42.7 Å². The third-order valence-corrected chi connectivity index (χ3v) is 5.14. The Morgan fingerprint density at radius 2 is 1.88 bits per heavy atom. The summed E-state index contributed by atoms with van der Waals surface area (Å²) in [7, 11) is 1.91. The van der Waals surface area contributed by atoms with E-state index < -0.39 is 0 Å². The fourth-order valence-corrected chi connectivity index (χ4v) is 3.31. The van der Waals surface area contributed by atoms with Crippen molar-refractivity contribution in [3.05, 3.63) is 34.9 Å². The van der Waals surface area contributed by atoms with E-state index in [0.29, 0.717) is 6.54 Å². The molecule has 5 nitrogen and oxygen atoms in total. The van der Waals surface area contributed by atoms with Gasteiger partial charge in [0.1, 0.15) is 0 Å². The van der Waals surface area contributed by atoms with Gasteiger partial charge in [-0.25, -0.2) is 4.79 Å². The van der Waals surface area contributed by atoms with Crippen LogP contribution in [0.2, 0.25) is 0 Å². The Morgan fingerprint density at radius 3 is 2.52 bits per heavy atom. The van der Waals surface area contributed by atoms with Crippen molar-refractivity contribution in [2.45, 2.75) is 71.5 Å². The van der Waals surface area contributed by atoms with Gasteiger partial charge in [0.15, 0.2) is 0 Å². The van der Waals surface area contributed by atoms with Gasteiger partial charge in [-0.15, -0.1) is 0 Å². The van der Waals surface area contributed by atoms with Crippen molar-refractivity contribution in [3.8, 4) is 0 Å². The highest BCUT2D eigenvalue weighted by Gasteiger charge is 2.22. The number of hydrogen-bond acceptors (Lipinski definition) is 3. The number of imide groups is 1. The van der Waals surface area contributed by atoms with E-state index in [-0.39, 0.29) is 24.0 Å². The number of benzene rings is 1. The van der Waals surface area contributed by atoms with E-state index in [1.54, 1.807) is 0 Å². The first-order valence-electron chi connectivity index (χ1n) is 9.24. The molecule has 0 aliphatic heterocycles. The predicted octanol–water partition coefficient (Wildman–Crippen LogP) is 3.28. The number of amides is 3. The molecule has 0 radical (unpaired) electrons. The van der Waals surface area contributed by atoms with E-state index in [0.717, 1.165) is 25.7 Å². The lowest BCUT2D eigenvalue weighted by Gasteiger charge is -2.26. The molecule has 0 saturated heterocycles. The van der Waals surface area contributed by atoms with Crippen LogP contribution in [0.4, 0.5) is 4.79 Å². The van der Waals surface area contributed by atoms with Crippen LogP contribution in [-0.2, 0) is 11.3 Å². The Labute approximate surface area is 151 Å². The summed E-state index contributed by atoms with van der Waals surface area (Å²) in [5.41, 5.74) is 3.64. The number of urea groups is 1. The van der Waals surface area contributed by atoms with Crippen molar-refractivity contribution in [1.29, 1.82) is 0 Å². The molecule has 0 bridgehead atoms. The van der Waals surface area contributed by atoms with Crippen LogP contribution in [0.1, 0.15) is 55.7 Å². The van der Waals surface area contributed by atoms with E-state index in [1.165, 1.54) is 23.1 Å². The Bertz CT molecular complexity index is 609. The monoisotopic (exact) mass is 345 g/mol. The maximum absolute atomic E-state index is 12.4. The van der Waals surface area contributed by atoms with Gasteiger partial charge in [-0.3, -0.25) is 15.0 Å². The molecule has 138 valence electrons. The molecule has 0 heterocycles. The molecule has 0 unspecified atom stereocenters. The van der Waals surface area contributed by atoms with Gasteiger partial charge in [0.05, 0.1) is 6.04 Å². The Hall–Kier alpha value is -1.88. The Balaban J connectivity index is 1.84. The van der Waals surface area contributed by atoms with Crippen molar-refractivity contribution < 1.29 is 9.59 Å². The molecule has 1 aromatic carbocycles. The first-order chi connectivity index (χ1) is 11.9. The van der Waals surface area contributed by atoms with Gasteiger partial charge in [-0.1, -0.05) is 43.0 Å². The van der Waals surface area contributed by atoms with E-state index in [9.17, 15) is 9.59 Å². The van der Waals surface area contributed by atoms with Crippen LogP contribution in [0.25, 0.3) is 0 Å². The zero-order valence-corrected chi connectivity index (χ0v) is 15.9. The average Bonchev–Trinajstić information content (AvgIpc) is 2.57. The summed E-state index contributed by atoms with van der Waals surface area (Å²) in [5, 5.41) is 5.41. The highest BCUT2D eigenvalue weighted by atomic mass is 16.2. The largest absolute Gasteiger partial charge is 0.335 e. The van der Waals surface area contributed by atoms with Crippen molar-refractivity contribution >= 4 is 11.9 Å². The minimum absolute atomic E-state index is 0.199. The molecule has 1 aliphatic carbocycles. The number of hydrogen-bond donors (Lipinski definition) is 2. The maximum atomic E-state index is 12.4. The third-order valence-electron chi connectivity index (χ3n) is 5.14. The summed E-state index contributed by atoms with van der Waals surface area (Å²) in [5.74, 6) is -0.263. The molecule has 1 saturated carbocycles. The van der Waals surface area contributed by atoms with Crippen LogP contribution in [0.5, 0.6) is 0 Å². The number of nitrogens with one attached hydrogen (secondary N) is 2. The molecule has 0 aromatic heterocycles. The number of rotatable bonds is 5. The summed E-state index contributed by atoms with van der Waals surface area (Å²) in [4.78, 5) is 26.3. The zero-order chi connectivity index (χ0) is 18.4. The summed E-state index contributed by atoms with van der Waals surface area (Å²) < 4.78 is 0. The minimum atomic E-state index is -0.377. The van der Waals surface area contributed by atoms with Gasteiger partial charge >= 0.3 is 6.03 Å². The highest BCUT2D eigenvalue weighted by Crippen LogP contribution is 2.17. The first-order valence-corrected chi connectivity index (χ1v) is 9.24. The van der Waals surface area contributed by atoms with Crippen LogP contribution in [0, 0.1) is 13.8 Å². The fraction of sp³-hybridized carbons (Fsp3) is 0.600. The first kappa shape index (κ1) is 19.4. The lowest BCUT2D eigenvalue weighted by Crippen LogP contribution is -2.50. The summed E-state index contributed by atoms with van der Waals surface area (Å²) in [6, 6.07) is 5.78. The molecule has 2 N–H and O–H groups in total. The normalized spacial score (nSPS) is 16.5. The van der Waals surface area contributed by atoms with E-state index in [1.807, 2.05) is 18.9 Å². The Kier molecular flexibility index (Phi) is 7.00. The number of carbonyl (C=O) groups excluding carboxylic acids is 2. The molecule has 25 heavy (non-hydrogen) atoms. The van der Waals surface area contributed by atoms with Gasteiger partial charge in [0, 0.05) is 12.6 Å². The van der Waals surface area contributed by atoms with Crippen LogP contribution in [0.3, 0.4) is 0 Å². The van der Waals surface area contributed by atoms with Gasteiger partial charge in [-0.2, -0.15) is 0 Å². The number of carbonyl (C=O) groups is 2. The highest BCUT2D eigenvalue weighted by molar-refractivity contribution is 5.96. The van der Waals surface area contributed by atoms with E-state index >= 15 is 0 Å². The van der Waals surface area contributed by atoms with Gasteiger partial charge in [-0.05, 0) is 51.8 Å². The number of nitrogens with zero attached hydrogens (tertiary/aromatic N) is 1. The molecule has 1 atom stereocenters. The quantitative estimate of drug-likeness (QED) is 0.861. The molecule has 0 spiro atoms. The average molecular weight is 345 g/mol. The maximum Gasteiger partial charge on any atom is 0.321 e. The van der Waals surface area contributed by atoms with Gasteiger partial charge in [0.25, 0.3) is 0 Å². The molecule has 5 heteroatoms. The molecule has 1 aromatic rings. The summed E-state index contributed by atoms with van der Waals surface area (Å²) >= 11 is 0. The minimum Gasteiger partial charge on any atom is -0.335 e. The lowest BCUT2D eigenvalue weighted by molar-refractivity contribution is -0.124. The molecule has 2 rings (SSSR count). The van der Waals surface area contributed by atoms with Crippen LogP contribution < -0.4 is 10.6 Å². The molecule has 3 amide bonds. The smallest absolute Gasteiger partial charge is 0.321 e. The Morgan fingerprint density at radius 1 is 1.20 bits per heavy atom. The third kappa shape index (κ3) is 5.85. The standard InChI is InChI=1S/C20H31N3O2/c1-14-10-11-17(15(2)12-14)13-23(4)16(3)19(24)22-20(25)21-18-8-6-5-7-9-18/h10-12,16,18H,5-9,13H2,1-4H3,(H2,21,22,24,25)/t16-/m1/s1. The second-order valence-corrected chi connectivity index (χ2v) is 7.32. The predicted molar refractivity (Wildman–Crippen MR) is 100 cm³/mol. The molecular formula is C20H31N3O2. The van der Waals surface area contributed by atoms with E-state index in [4.69, 9.17) is 0 Å². The second-order valence-electron chi connectivity index (χ2n) is 7.32. The van der Waals surface area contributed by atoms with Crippen molar-refractivity contribution in [2.75, 3.05) is 7.05 Å². The number of aryl methyl sites for hydroxylation is 2. The molecule has 1 aliphatic rings. The van der Waals surface area contributed by atoms with Crippen LogP contribution in [-0.4, -0.2) is 36.0 Å². The molecular weight excluding hydrogens is 314 g/mol.